The summed E-state index contributed by atoms with van der Waals surface area (Å²) in [7, 11) is 1.81. The highest BCUT2D eigenvalue weighted by atomic mass is 16.6. The van der Waals surface area contributed by atoms with Gasteiger partial charge in [-0.25, -0.2) is 14.5 Å². The predicted molar refractivity (Wildman–Crippen MR) is 94.4 cm³/mol. The number of hydrogen-bond acceptors (Lipinski definition) is 5. The lowest BCUT2D eigenvalue weighted by molar-refractivity contribution is 0.00642. The zero-order chi connectivity index (χ0) is 17.3. The fourth-order valence-corrected chi connectivity index (χ4v) is 3.07. The van der Waals surface area contributed by atoms with Crippen LogP contribution in [0.2, 0.25) is 0 Å². The van der Waals surface area contributed by atoms with Crippen molar-refractivity contribution in [1.82, 2.24) is 14.8 Å². The third-order valence-corrected chi connectivity index (χ3v) is 4.19. The largest absolute Gasteiger partial charge is 0.455 e. The van der Waals surface area contributed by atoms with E-state index in [0.29, 0.717) is 5.69 Å². The molecule has 0 unspecified atom stereocenters. The minimum atomic E-state index is -0.541. The first kappa shape index (κ1) is 16.7. The molecule has 0 saturated carbocycles. The maximum absolute atomic E-state index is 12.4. The summed E-state index contributed by atoms with van der Waals surface area (Å²) in [6, 6.07) is 3.93. The molecule has 0 bridgehead atoms. The topological polar surface area (TPSA) is 60.3 Å². The van der Waals surface area contributed by atoms with Crippen LogP contribution in [0.1, 0.15) is 56.9 Å². The number of hydrogen-bond donors (Lipinski definition) is 0. The molecule has 130 valence electrons. The van der Waals surface area contributed by atoms with E-state index < -0.39 is 11.6 Å². The molecule has 0 aromatic carbocycles. The standard InChI is InChI=1S/C18H26N4O2/c1-18(2,3)24-17(23)15-13-9-10-14(19-16(13)21(4)20-15)22-11-7-5-6-8-12-22/h9-10H,5-8,11-12H2,1-4H3. The van der Waals surface area contributed by atoms with Crippen LogP contribution in [-0.2, 0) is 11.8 Å². The number of aromatic nitrogens is 3. The molecule has 0 amide bonds. The second kappa shape index (κ2) is 6.42. The Balaban J connectivity index is 1.93. The molecular weight excluding hydrogens is 304 g/mol. The maximum Gasteiger partial charge on any atom is 0.360 e. The number of aryl methyl sites for hydroxylation is 1. The van der Waals surface area contributed by atoms with Gasteiger partial charge in [-0.05, 0) is 45.7 Å². The van der Waals surface area contributed by atoms with Gasteiger partial charge in [-0.15, -0.1) is 0 Å². The highest BCUT2D eigenvalue weighted by Crippen LogP contribution is 2.24. The second-order valence-electron chi connectivity index (χ2n) is 7.42. The first-order valence-corrected chi connectivity index (χ1v) is 8.67. The molecule has 1 aliphatic rings. The van der Waals surface area contributed by atoms with Gasteiger partial charge in [-0.2, -0.15) is 5.10 Å². The highest BCUT2D eigenvalue weighted by molar-refractivity contribution is 6.01. The van der Waals surface area contributed by atoms with Gasteiger partial charge in [0, 0.05) is 20.1 Å². The number of pyridine rings is 1. The fourth-order valence-electron chi connectivity index (χ4n) is 3.07. The van der Waals surface area contributed by atoms with Crippen LogP contribution in [0.15, 0.2) is 12.1 Å². The van der Waals surface area contributed by atoms with Gasteiger partial charge in [0.15, 0.2) is 11.3 Å². The van der Waals surface area contributed by atoms with Crippen LogP contribution in [0.5, 0.6) is 0 Å². The van der Waals surface area contributed by atoms with Crippen molar-refractivity contribution < 1.29 is 9.53 Å². The fraction of sp³-hybridized carbons (Fsp3) is 0.611. The summed E-state index contributed by atoms with van der Waals surface area (Å²) in [5.41, 5.74) is 0.510. The number of esters is 1. The van der Waals surface area contributed by atoms with Crippen molar-refractivity contribution in [2.24, 2.45) is 7.05 Å². The first-order valence-electron chi connectivity index (χ1n) is 8.67. The predicted octanol–water partition coefficient (Wildman–Crippen LogP) is 3.30. The van der Waals surface area contributed by atoms with Crippen LogP contribution in [0.3, 0.4) is 0 Å². The van der Waals surface area contributed by atoms with Crippen molar-refractivity contribution in [2.75, 3.05) is 18.0 Å². The van der Waals surface area contributed by atoms with E-state index in [9.17, 15) is 4.79 Å². The summed E-state index contributed by atoms with van der Waals surface area (Å²) >= 11 is 0. The van der Waals surface area contributed by atoms with Gasteiger partial charge in [0.2, 0.25) is 0 Å². The van der Waals surface area contributed by atoms with Crippen molar-refractivity contribution in [2.45, 2.75) is 52.1 Å². The first-order chi connectivity index (χ1) is 11.3. The molecule has 0 aliphatic carbocycles. The molecule has 0 atom stereocenters. The molecule has 0 spiro atoms. The lowest BCUT2D eigenvalue weighted by Gasteiger charge is -2.21. The lowest BCUT2D eigenvalue weighted by Crippen LogP contribution is -2.25. The smallest absolute Gasteiger partial charge is 0.360 e. The molecule has 2 aromatic rings. The Morgan fingerprint density at radius 3 is 2.42 bits per heavy atom. The van der Waals surface area contributed by atoms with E-state index in [0.717, 1.165) is 29.9 Å². The zero-order valence-electron chi connectivity index (χ0n) is 15.0. The molecule has 24 heavy (non-hydrogen) atoms. The summed E-state index contributed by atoms with van der Waals surface area (Å²) in [6.45, 7) is 7.63. The Morgan fingerprint density at radius 2 is 1.79 bits per heavy atom. The van der Waals surface area contributed by atoms with Crippen molar-refractivity contribution in [3.05, 3.63) is 17.8 Å². The Bertz CT molecular complexity index is 737. The van der Waals surface area contributed by atoms with E-state index in [-0.39, 0.29) is 0 Å². The number of fused-ring (bicyclic) bond motifs is 1. The van der Waals surface area contributed by atoms with Gasteiger partial charge in [0.1, 0.15) is 11.4 Å². The highest BCUT2D eigenvalue weighted by Gasteiger charge is 2.24. The molecule has 3 rings (SSSR count). The van der Waals surface area contributed by atoms with Gasteiger partial charge in [-0.1, -0.05) is 12.8 Å². The van der Waals surface area contributed by atoms with Crippen LogP contribution in [-0.4, -0.2) is 39.4 Å². The third kappa shape index (κ3) is 3.52. The quantitative estimate of drug-likeness (QED) is 0.791. The van der Waals surface area contributed by atoms with E-state index >= 15 is 0 Å². The molecule has 0 N–H and O–H groups in total. The molecule has 0 radical (unpaired) electrons. The number of ether oxygens (including phenoxy) is 1. The number of nitrogens with zero attached hydrogens (tertiary/aromatic N) is 4. The van der Waals surface area contributed by atoms with Gasteiger partial charge in [0.25, 0.3) is 0 Å². The number of carbonyl (C=O) groups excluding carboxylic acids is 1. The van der Waals surface area contributed by atoms with Crippen molar-refractivity contribution >= 4 is 22.8 Å². The van der Waals surface area contributed by atoms with Crippen LogP contribution >= 0.6 is 0 Å². The average molecular weight is 330 g/mol. The number of anilines is 1. The Morgan fingerprint density at radius 1 is 1.12 bits per heavy atom. The Labute approximate surface area is 142 Å². The number of rotatable bonds is 2. The Kier molecular flexibility index (Phi) is 4.47. The van der Waals surface area contributed by atoms with E-state index in [1.807, 2.05) is 40.0 Å². The third-order valence-electron chi connectivity index (χ3n) is 4.19. The molecule has 1 saturated heterocycles. The van der Waals surface area contributed by atoms with E-state index in [2.05, 4.69) is 10.00 Å². The van der Waals surface area contributed by atoms with E-state index in [4.69, 9.17) is 9.72 Å². The molecule has 6 heteroatoms. The van der Waals surface area contributed by atoms with Gasteiger partial charge < -0.3 is 9.64 Å². The maximum atomic E-state index is 12.4. The van der Waals surface area contributed by atoms with Crippen molar-refractivity contribution in [3.63, 3.8) is 0 Å². The van der Waals surface area contributed by atoms with Crippen LogP contribution in [0, 0.1) is 0 Å². The molecule has 2 aromatic heterocycles. The van der Waals surface area contributed by atoms with E-state index in [1.54, 1.807) is 4.68 Å². The molecular formula is C18H26N4O2. The summed E-state index contributed by atoms with van der Waals surface area (Å²) in [5, 5.41) is 5.08. The van der Waals surface area contributed by atoms with Crippen LogP contribution < -0.4 is 4.90 Å². The monoisotopic (exact) mass is 330 g/mol. The normalized spacial score (nSPS) is 16.2. The second-order valence-corrected chi connectivity index (χ2v) is 7.42. The molecule has 1 fully saturated rings. The van der Waals surface area contributed by atoms with E-state index in [1.165, 1.54) is 25.7 Å². The van der Waals surface area contributed by atoms with Crippen molar-refractivity contribution in [3.8, 4) is 0 Å². The SMILES string of the molecule is Cn1nc(C(=O)OC(C)(C)C)c2ccc(N3CCCCCC3)nc21. The van der Waals surface area contributed by atoms with Gasteiger partial charge >= 0.3 is 5.97 Å². The summed E-state index contributed by atoms with van der Waals surface area (Å²) in [5.74, 6) is 0.556. The van der Waals surface area contributed by atoms with Crippen LogP contribution in [0.4, 0.5) is 5.82 Å². The zero-order valence-corrected chi connectivity index (χ0v) is 15.0. The Hall–Kier alpha value is -2.11. The van der Waals surface area contributed by atoms with Gasteiger partial charge in [0.05, 0.1) is 5.39 Å². The minimum Gasteiger partial charge on any atom is -0.455 e. The summed E-state index contributed by atoms with van der Waals surface area (Å²) in [6.07, 6.45) is 4.98. The van der Waals surface area contributed by atoms with Gasteiger partial charge in [-0.3, -0.25) is 0 Å². The average Bonchev–Trinajstić information content (AvgIpc) is 2.70. The molecule has 3 heterocycles. The minimum absolute atomic E-state index is 0.331. The number of carbonyl (C=O) groups is 1. The van der Waals surface area contributed by atoms with Crippen molar-refractivity contribution in [1.29, 1.82) is 0 Å². The molecule has 1 aliphatic heterocycles. The summed E-state index contributed by atoms with van der Waals surface area (Å²) in [4.78, 5) is 19.5. The summed E-state index contributed by atoms with van der Waals surface area (Å²) < 4.78 is 7.12. The lowest BCUT2D eigenvalue weighted by atomic mass is 10.2. The van der Waals surface area contributed by atoms with Crippen LogP contribution in [0.25, 0.3) is 11.0 Å². The molecule has 6 nitrogen and oxygen atoms in total.